The Hall–Kier alpha value is -1.24. The average Bonchev–Trinajstić information content (AvgIpc) is 2.28. The molecule has 0 aliphatic carbocycles. The van der Waals surface area contributed by atoms with Gasteiger partial charge in [-0.25, -0.2) is 17.5 Å². The van der Waals surface area contributed by atoms with Crippen LogP contribution in [-0.2, 0) is 14.8 Å². The maximum atomic E-state index is 12.7. The molecular weight excluding hydrogens is 257 g/mol. The fraction of sp³-hybridized carbons (Fsp3) is 0.333. The number of benzene rings is 1. The fourth-order valence-electron chi connectivity index (χ4n) is 1.19. The van der Waals surface area contributed by atoms with E-state index in [-0.39, 0.29) is 18.0 Å². The van der Waals surface area contributed by atoms with Crippen LogP contribution in [0.25, 0.3) is 0 Å². The number of halogens is 1. The lowest BCUT2D eigenvalue weighted by molar-refractivity contribution is 0.162. The van der Waals surface area contributed by atoms with Gasteiger partial charge >= 0.3 is 0 Å². The van der Waals surface area contributed by atoms with E-state index in [1.807, 2.05) is 6.92 Å². The van der Waals surface area contributed by atoms with Gasteiger partial charge in [0.05, 0.1) is 18.1 Å². The molecular formula is C12H16FNO3S. The van der Waals surface area contributed by atoms with Crippen molar-refractivity contribution in [3.63, 3.8) is 0 Å². The zero-order chi connectivity index (χ0) is 13.6. The van der Waals surface area contributed by atoms with Crippen molar-refractivity contribution >= 4 is 10.0 Å². The quantitative estimate of drug-likeness (QED) is 0.607. The molecule has 0 aliphatic rings. The maximum absolute atomic E-state index is 12.7. The van der Waals surface area contributed by atoms with Gasteiger partial charge in [-0.3, -0.25) is 0 Å². The van der Waals surface area contributed by atoms with E-state index in [4.69, 9.17) is 4.74 Å². The molecule has 0 heterocycles. The van der Waals surface area contributed by atoms with Crippen LogP contribution in [0.5, 0.6) is 0 Å². The number of hydrogen-bond acceptors (Lipinski definition) is 3. The van der Waals surface area contributed by atoms with Crippen molar-refractivity contribution in [3.8, 4) is 0 Å². The Kier molecular flexibility index (Phi) is 5.46. The van der Waals surface area contributed by atoms with E-state index in [1.54, 1.807) is 0 Å². The van der Waals surface area contributed by atoms with Gasteiger partial charge < -0.3 is 4.74 Å². The molecule has 18 heavy (non-hydrogen) atoms. The average molecular weight is 273 g/mol. The Morgan fingerprint density at radius 1 is 1.39 bits per heavy atom. The monoisotopic (exact) mass is 273 g/mol. The summed E-state index contributed by atoms with van der Waals surface area (Å²) in [6.07, 6.45) is 0. The highest BCUT2D eigenvalue weighted by Crippen LogP contribution is 2.08. The van der Waals surface area contributed by atoms with Gasteiger partial charge in [0, 0.05) is 6.54 Å². The van der Waals surface area contributed by atoms with Gasteiger partial charge in [-0.15, -0.1) is 0 Å². The largest absolute Gasteiger partial charge is 0.376 e. The van der Waals surface area contributed by atoms with Gasteiger partial charge in [-0.1, -0.05) is 12.2 Å². The fourth-order valence-corrected chi connectivity index (χ4v) is 2.20. The second kappa shape index (κ2) is 6.63. The number of rotatable bonds is 7. The molecule has 0 saturated carbocycles. The molecule has 0 aliphatic heterocycles. The summed E-state index contributed by atoms with van der Waals surface area (Å²) >= 11 is 0. The minimum Gasteiger partial charge on any atom is -0.376 e. The second-order valence-electron chi connectivity index (χ2n) is 3.86. The molecule has 6 heteroatoms. The van der Waals surface area contributed by atoms with E-state index >= 15 is 0 Å². The Labute approximate surface area is 107 Å². The van der Waals surface area contributed by atoms with Crippen molar-refractivity contribution in [1.82, 2.24) is 4.72 Å². The standard InChI is InChI=1S/C12H16FNO3S/c1-10(2)9-17-8-7-14-18(15,16)12-5-3-11(13)4-6-12/h3-6,14H,1,7-9H2,2H3. The summed E-state index contributed by atoms with van der Waals surface area (Å²) in [6, 6.07) is 4.64. The maximum Gasteiger partial charge on any atom is 0.240 e. The molecule has 0 spiro atoms. The lowest BCUT2D eigenvalue weighted by Crippen LogP contribution is -2.27. The van der Waals surface area contributed by atoms with Crippen molar-refractivity contribution < 1.29 is 17.5 Å². The third-order valence-electron chi connectivity index (χ3n) is 2.01. The summed E-state index contributed by atoms with van der Waals surface area (Å²) in [7, 11) is -3.60. The summed E-state index contributed by atoms with van der Waals surface area (Å²) in [4.78, 5) is 0.0313. The predicted molar refractivity (Wildman–Crippen MR) is 67.2 cm³/mol. The molecule has 1 N–H and O–H groups in total. The number of ether oxygens (including phenoxy) is 1. The van der Waals surface area contributed by atoms with E-state index in [0.29, 0.717) is 6.61 Å². The first kappa shape index (κ1) is 14.8. The molecule has 0 atom stereocenters. The summed E-state index contributed by atoms with van der Waals surface area (Å²) in [5.41, 5.74) is 0.872. The first-order chi connectivity index (χ1) is 8.42. The highest BCUT2D eigenvalue weighted by atomic mass is 32.2. The zero-order valence-corrected chi connectivity index (χ0v) is 11.0. The van der Waals surface area contributed by atoms with Crippen molar-refractivity contribution in [1.29, 1.82) is 0 Å². The van der Waals surface area contributed by atoms with E-state index < -0.39 is 15.8 Å². The summed E-state index contributed by atoms with van der Waals surface area (Å²) in [5, 5.41) is 0. The molecule has 0 fully saturated rings. The molecule has 0 unspecified atom stereocenters. The Bertz CT molecular complexity index is 497. The molecule has 0 aromatic heterocycles. The van der Waals surface area contributed by atoms with Crippen molar-refractivity contribution in [2.24, 2.45) is 0 Å². The van der Waals surface area contributed by atoms with Gasteiger partial charge in [0.2, 0.25) is 10.0 Å². The predicted octanol–water partition coefficient (Wildman–Crippen LogP) is 1.70. The first-order valence-corrected chi connectivity index (χ1v) is 6.87. The number of hydrogen-bond donors (Lipinski definition) is 1. The Morgan fingerprint density at radius 3 is 2.56 bits per heavy atom. The Morgan fingerprint density at radius 2 is 2.00 bits per heavy atom. The first-order valence-electron chi connectivity index (χ1n) is 5.39. The van der Waals surface area contributed by atoms with E-state index in [0.717, 1.165) is 17.7 Å². The van der Waals surface area contributed by atoms with E-state index in [9.17, 15) is 12.8 Å². The van der Waals surface area contributed by atoms with Crippen LogP contribution in [0, 0.1) is 5.82 Å². The topological polar surface area (TPSA) is 55.4 Å². The molecule has 4 nitrogen and oxygen atoms in total. The molecule has 100 valence electrons. The smallest absolute Gasteiger partial charge is 0.240 e. The number of sulfonamides is 1. The molecule has 1 aromatic carbocycles. The van der Waals surface area contributed by atoms with Gasteiger partial charge in [0.1, 0.15) is 5.82 Å². The normalized spacial score (nSPS) is 11.4. The third-order valence-corrected chi connectivity index (χ3v) is 3.49. The SMILES string of the molecule is C=C(C)COCCNS(=O)(=O)c1ccc(F)cc1. The highest BCUT2D eigenvalue weighted by Gasteiger charge is 2.12. The molecule has 0 amide bonds. The van der Waals surface area contributed by atoms with Crippen LogP contribution in [0.15, 0.2) is 41.3 Å². The van der Waals surface area contributed by atoms with Crippen LogP contribution in [0.3, 0.4) is 0 Å². The molecule has 1 rings (SSSR count). The molecule has 0 radical (unpaired) electrons. The number of nitrogens with one attached hydrogen (secondary N) is 1. The van der Waals surface area contributed by atoms with Gasteiger partial charge in [-0.2, -0.15) is 0 Å². The van der Waals surface area contributed by atoms with Crippen molar-refractivity contribution in [2.45, 2.75) is 11.8 Å². The Balaban J connectivity index is 2.45. The van der Waals surface area contributed by atoms with Gasteiger partial charge in [-0.05, 0) is 31.2 Å². The summed E-state index contributed by atoms with van der Waals surface area (Å²) in [6.45, 7) is 6.30. The van der Waals surface area contributed by atoms with Crippen molar-refractivity contribution in [3.05, 3.63) is 42.2 Å². The molecule has 1 aromatic rings. The lowest BCUT2D eigenvalue weighted by Gasteiger charge is -2.07. The molecule has 0 bridgehead atoms. The minimum absolute atomic E-state index is 0.0313. The van der Waals surface area contributed by atoms with Crippen molar-refractivity contribution in [2.75, 3.05) is 19.8 Å². The summed E-state index contributed by atoms with van der Waals surface area (Å²) < 4.78 is 43.6. The molecule has 0 saturated heterocycles. The van der Waals surface area contributed by atoms with Gasteiger partial charge in [0.15, 0.2) is 0 Å². The van der Waals surface area contributed by atoms with E-state index in [2.05, 4.69) is 11.3 Å². The van der Waals surface area contributed by atoms with Crippen LogP contribution in [-0.4, -0.2) is 28.2 Å². The van der Waals surface area contributed by atoms with Crippen LogP contribution in [0.2, 0.25) is 0 Å². The zero-order valence-electron chi connectivity index (χ0n) is 10.1. The second-order valence-corrected chi connectivity index (χ2v) is 5.63. The van der Waals surface area contributed by atoms with E-state index in [1.165, 1.54) is 12.1 Å². The highest BCUT2D eigenvalue weighted by molar-refractivity contribution is 7.89. The van der Waals surface area contributed by atoms with Crippen LogP contribution < -0.4 is 4.72 Å². The van der Waals surface area contributed by atoms with Crippen LogP contribution >= 0.6 is 0 Å². The minimum atomic E-state index is -3.60. The van der Waals surface area contributed by atoms with Gasteiger partial charge in [0.25, 0.3) is 0 Å². The summed E-state index contributed by atoms with van der Waals surface area (Å²) in [5.74, 6) is -0.473. The van der Waals surface area contributed by atoms with Crippen LogP contribution in [0.4, 0.5) is 4.39 Å². The van der Waals surface area contributed by atoms with Crippen LogP contribution in [0.1, 0.15) is 6.92 Å². The third kappa shape index (κ3) is 4.95. The lowest BCUT2D eigenvalue weighted by atomic mass is 10.4.